The molecule has 3 rings (SSSR count). The van der Waals surface area contributed by atoms with E-state index in [0.717, 1.165) is 25.0 Å². The first-order chi connectivity index (χ1) is 14.0. The largest absolute Gasteiger partial charge is 0.490 e. The van der Waals surface area contributed by atoms with E-state index in [2.05, 4.69) is 17.4 Å². The van der Waals surface area contributed by atoms with Crippen LogP contribution in [0.4, 0.5) is 0 Å². The zero-order chi connectivity index (χ0) is 20.6. The number of nitrogens with zero attached hydrogens (tertiary/aromatic N) is 1. The standard InChI is InChI=1S/C23H29N3O3.ClH/c1-17(24)23(28)26-15-12-21(13-16-26)29-20-9-7-19(8-10-20)22(27)25-14-11-18-5-3-2-4-6-18;/h2-10,17,21H,11-16,24H2,1H3,(H,25,27);1H/t17-;/m1./s1. The predicted octanol–water partition coefficient (Wildman–Crippen LogP) is 2.80. The minimum atomic E-state index is -0.459. The summed E-state index contributed by atoms with van der Waals surface area (Å²) in [7, 11) is 0. The normalized spacial score (nSPS) is 15.1. The zero-order valence-electron chi connectivity index (χ0n) is 17.3. The smallest absolute Gasteiger partial charge is 0.251 e. The van der Waals surface area contributed by atoms with Crippen LogP contribution in [-0.2, 0) is 11.2 Å². The van der Waals surface area contributed by atoms with E-state index in [1.54, 1.807) is 24.0 Å². The third-order valence-electron chi connectivity index (χ3n) is 5.10. The van der Waals surface area contributed by atoms with Gasteiger partial charge in [-0.15, -0.1) is 12.4 Å². The first-order valence-electron chi connectivity index (χ1n) is 10.2. The van der Waals surface area contributed by atoms with Gasteiger partial charge >= 0.3 is 0 Å². The first-order valence-corrected chi connectivity index (χ1v) is 10.2. The Labute approximate surface area is 184 Å². The highest BCUT2D eigenvalue weighted by Crippen LogP contribution is 2.20. The maximum absolute atomic E-state index is 12.3. The number of ether oxygens (including phenoxy) is 1. The molecule has 1 aliphatic heterocycles. The van der Waals surface area contributed by atoms with Crippen molar-refractivity contribution in [3.8, 4) is 5.75 Å². The van der Waals surface area contributed by atoms with Crippen LogP contribution in [0.5, 0.6) is 5.75 Å². The molecule has 162 valence electrons. The Balaban J connectivity index is 0.00000320. The molecule has 1 atom stereocenters. The summed E-state index contributed by atoms with van der Waals surface area (Å²) in [6.45, 7) is 3.63. The number of halogens is 1. The summed E-state index contributed by atoms with van der Waals surface area (Å²) < 4.78 is 6.02. The van der Waals surface area contributed by atoms with Gasteiger partial charge in [-0.1, -0.05) is 30.3 Å². The van der Waals surface area contributed by atoms with Gasteiger partial charge in [0, 0.05) is 38.0 Å². The molecule has 2 aromatic carbocycles. The number of carbonyl (C=O) groups excluding carboxylic acids is 2. The number of rotatable bonds is 7. The third kappa shape index (κ3) is 6.75. The molecule has 0 spiro atoms. The molecule has 0 aliphatic carbocycles. The highest BCUT2D eigenvalue weighted by atomic mass is 35.5. The number of piperidine rings is 1. The van der Waals surface area contributed by atoms with Crippen molar-refractivity contribution < 1.29 is 14.3 Å². The summed E-state index contributed by atoms with van der Waals surface area (Å²) in [5, 5.41) is 2.95. The number of benzene rings is 2. The van der Waals surface area contributed by atoms with E-state index in [1.165, 1.54) is 5.56 Å². The van der Waals surface area contributed by atoms with E-state index in [1.807, 2.05) is 30.3 Å². The molecule has 1 heterocycles. The Kier molecular flexibility index (Phi) is 9.15. The summed E-state index contributed by atoms with van der Waals surface area (Å²) in [4.78, 5) is 26.0. The van der Waals surface area contributed by atoms with E-state index >= 15 is 0 Å². The molecule has 2 aromatic rings. The van der Waals surface area contributed by atoms with Gasteiger partial charge in [0.25, 0.3) is 5.91 Å². The first kappa shape index (κ1) is 23.7. The fraction of sp³-hybridized carbons (Fsp3) is 0.391. The Morgan fingerprint density at radius 2 is 1.73 bits per heavy atom. The van der Waals surface area contributed by atoms with Crippen molar-refractivity contribution in [3.63, 3.8) is 0 Å². The fourth-order valence-corrected chi connectivity index (χ4v) is 3.43. The van der Waals surface area contributed by atoms with Gasteiger partial charge in [-0.3, -0.25) is 9.59 Å². The molecule has 30 heavy (non-hydrogen) atoms. The van der Waals surface area contributed by atoms with Crippen LogP contribution >= 0.6 is 12.4 Å². The van der Waals surface area contributed by atoms with Gasteiger partial charge in [0.2, 0.25) is 5.91 Å². The number of hydrogen-bond acceptors (Lipinski definition) is 4. The van der Waals surface area contributed by atoms with Gasteiger partial charge in [0.1, 0.15) is 11.9 Å². The van der Waals surface area contributed by atoms with Gasteiger partial charge < -0.3 is 20.7 Å². The van der Waals surface area contributed by atoms with Crippen LogP contribution in [0.3, 0.4) is 0 Å². The third-order valence-corrected chi connectivity index (χ3v) is 5.10. The van der Waals surface area contributed by atoms with Gasteiger partial charge in [0.15, 0.2) is 0 Å². The maximum atomic E-state index is 12.3. The Morgan fingerprint density at radius 1 is 1.10 bits per heavy atom. The lowest BCUT2D eigenvalue weighted by molar-refractivity contribution is -0.133. The molecule has 1 saturated heterocycles. The number of amides is 2. The van der Waals surface area contributed by atoms with Crippen LogP contribution in [0.15, 0.2) is 54.6 Å². The van der Waals surface area contributed by atoms with E-state index in [9.17, 15) is 9.59 Å². The maximum Gasteiger partial charge on any atom is 0.251 e. The molecule has 0 saturated carbocycles. The molecule has 0 aromatic heterocycles. The van der Waals surface area contributed by atoms with E-state index in [0.29, 0.717) is 25.2 Å². The van der Waals surface area contributed by atoms with Gasteiger partial charge in [-0.25, -0.2) is 0 Å². The van der Waals surface area contributed by atoms with Crippen LogP contribution in [-0.4, -0.2) is 48.5 Å². The number of nitrogens with two attached hydrogens (primary N) is 1. The van der Waals surface area contributed by atoms with Crippen LogP contribution in [0.1, 0.15) is 35.7 Å². The van der Waals surface area contributed by atoms with Crippen molar-refractivity contribution in [1.29, 1.82) is 0 Å². The van der Waals surface area contributed by atoms with E-state index in [-0.39, 0.29) is 30.3 Å². The average molecular weight is 432 g/mol. The Bertz CT molecular complexity index is 804. The molecule has 1 aliphatic rings. The highest BCUT2D eigenvalue weighted by molar-refractivity contribution is 5.94. The number of hydrogen-bond donors (Lipinski definition) is 2. The Hall–Kier alpha value is -2.57. The highest BCUT2D eigenvalue weighted by Gasteiger charge is 2.25. The van der Waals surface area contributed by atoms with E-state index in [4.69, 9.17) is 10.5 Å². The van der Waals surface area contributed by atoms with Gasteiger partial charge in [-0.2, -0.15) is 0 Å². The average Bonchev–Trinajstić information content (AvgIpc) is 2.75. The molecule has 0 radical (unpaired) electrons. The van der Waals surface area contributed by atoms with Crippen LogP contribution in [0, 0.1) is 0 Å². The zero-order valence-corrected chi connectivity index (χ0v) is 18.1. The lowest BCUT2D eigenvalue weighted by Crippen LogP contribution is -2.47. The number of carbonyl (C=O) groups is 2. The van der Waals surface area contributed by atoms with Crippen molar-refractivity contribution in [2.45, 2.75) is 38.3 Å². The second kappa shape index (κ2) is 11.6. The van der Waals surface area contributed by atoms with Crippen LogP contribution < -0.4 is 15.8 Å². The molecule has 6 nitrogen and oxygen atoms in total. The summed E-state index contributed by atoms with van der Waals surface area (Å²) >= 11 is 0. The molecule has 0 unspecified atom stereocenters. The SMILES string of the molecule is C[C@@H](N)C(=O)N1CCC(Oc2ccc(C(=O)NCCc3ccccc3)cc2)CC1.Cl. The van der Waals surface area contributed by atoms with Crippen molar-refractivity contribution in [1.82, 2.24) is 10.2 Å². The summed E-state index contributed by atoms with van der Waals surface area (Å²) in [5.41, 5.74) is 7.48. The van der Waals surface area contributed by atoms with E-state index < -0.39 is 6.04 Å². The topological polar surface area (TPSA) is 84.7 Å². The summed E-state index contributed by atoms with van der Waals surface area (Å²) in [5.74, 6) is 0.643. The van der Waals surface area contributed by atoms with Gasteiger partial charge in [0.05, 0.1) is 6.04 Å². The monoisotopic (exact) mass is 431 g/mol. The van der Waals surface area contributed by atoms with Crippen molar-refractivity contribution in [2.75, 3.05) is 19.6 Å². The Morgan fingerprint density at radius 3 is 2.33 bits per heavy atom. The molecule has 3 N–H and O–H groups in total. The molecule has 2 amide bonds. The van der Waals surface area contributed by atoms with Crippen LogP contribution in [0.2, 0.25) is 0 Å². The summed E-state index contributed by atoms with van der Waals surface area (Å²) in [6.07, 6.45) is 2.43. The fourth-order valence-electron chi connectivity index (χ4n) is 3.43. The summed E-state index contributed by atoms with van der Waals surface area (Å²) in [6, 6.07) is 16.8. The molecule has 0 bridgehead atoms. The lowest BCUT2D eigenvalue weighted by atomic mass is 10.1. The molecule has 1 fully saturated rings. The predicted molar refractivity (Wildman–Crippen MR) is 120 cm³/mol. The molecular formula is C23H30ClN3O3. The molecule has 7 heteroatoms. The lowest BCUT2D eigenvalue weighted by Gasteiger charge is -2.33. The minimum Gasteiger partial charge on any atom is -0.490 e. The van der Waals surface area contributed by atoms with Crippen molar-refractivity contribution in [2.24, 2.45) is 5.73 Å². The van der Waals surface area contributed by atoms with Crippen molar-refractivity contribution >= 4 is 24.2 Å². The van der Waals surface area contributed by atoms with Crippen molar-refractivity contribution in [3.05, 3.63) is 65.7 Å². The number of likely N-dealkylation sites (tertiary alicyclic amines) is 1. The van der Waals surface area contributed by atoms with Crippen LogP contribution in [0.25, 0.3) is 0 Å². The quantitative estimate of drug-likeness (QED) is 0.706. The number of nitrogens with one attached hydrogen (secondary N) is 1. The van der Waals surface area contributed by atoms with Gasteiger partial charge in [-0.05, 0) is 43.2 Å². The second-order valence-corrected chi connectivity index (χ2v) is 7.45. The second-order valence-electron chi connectivity index (χ2n) is 7.45. The molecular weight excluding hydrogens is 402 g/mol. The minimum absolute atomic E-state index is 0.